The number of hydrogen-bond donors (Lipinski definition) is 1. The lowest BCUT2D eigenvalue weighted by Gasteiger charge is -2.07. The van der Waals surface area contributed by atoms with E-state index in [1.54, 1.807) is 12.1 Å². The number of carbonyl (C=O) groups excluding carboxylic acids is 1. The van der Waals surface area contributed by atoms with Gasteiger partial charge in [-0.05, 0) is 77.5 Å². The summed E-state index contributed by atoms with van der Waals surface area (Å²) < 4.78 is 6.63. The minimum Gasteiger partial charge on any atom is -0.494 e. The van der Waals surface area contributed by atoms with E-state index >= 15 is 0 Å². The van der Waals surface area contributed by atoms with Gasteiger partial charge in [0.1, 0.15) is 5.75 Å². The van der Waals surface area contributed by atoms with Gasteiger partial charge in [0, 0.05) is 14.8 Å². The van der Waals surface area contributed by atoms with Crippen molar-refractivity contribution < 1.29 is 9.53 Å². The van der Waals surface area contributed by atoms with Crippen molar-refractivity contribution >= 4 is 34.2 Å². The maximum atomic E-state index is 12.1. The van der Waals surface area contributed by atoms with Crippen LogP contribution in [-0.2, 0) is 0 Å². The average molecular weight is 381 g/mol. The quantitative estimate of drug-likeness (QED) is 0.783. The number of ether oxygens (including phenoxy) is 1. The molecule has 2 aromatic rings. The number of nitrogens with one attached hydrogen (secondary N) is 1. The van der Waals surface area contributed by atoms with Crippen LogP contribution in [0.15, 0.2) is 48.5 Å². The van der Waals surface area contributed by atoms with Crippen LogP contribution in [0.2, 0.25) is 0 Å². The summed E-state index contributed by atoms with van der Waals surface area (Å²) in [5.74, 6) is 0.672. The third kappa shape index (κ3) is 4.23. The van der Waals surface area contributed by atoms with E-state index in [-0.39, 0.29) is 5.91 Å². The van der Waals surface area contributed by atoms with Crippen molar-refractivity contribution in [3.63, 3.8) is 0 Å². The van der Waals surface area contributed by atoms with Gasteiger partial charge in [0.25, 0.3) is 5.91 Å². The van der Waals surface area contributed by atoms with Gasteiger partial charge >= 0.3 is 0 Å². The summed E-state index contributed by atoms with van der Waals surface area (Å²) in [6.07, 6.45) is 0.967. The Morgan fingerprint density at radius 2 is 1.75 bits per heavy atom. The Labute approximate surface area is 132 Å². The zero-order valence-electron chi connectivity index (χ0n) is 11.2. The van der Waals surface area contributed by atoms with E-state index in [1.807, 2.05) is 36.4 Å². The number of halogens is 1. The minimum atomic E-state index is -0.117. The highest BCUT2D eigenvalue weighted by Gasteiger charge is 2.06. The van der Waals surface area contributed by atoms with Gasteiger partial charge in [-0.2, -0.15) is 0 Å². The molecular formula is C16H16INO2. The largest absolute Gasteiger partial charge is 0.494 e. The molecular weight excluding hydrogens is 365 g/mol. The fraction of sp³-hybridized carbons (Fsp3) is 0.188. The molecule has 0 aliphatic heterocycles. The standard InChI is InChI=1S/C16H16INO2/c1-2-11-20-15-9-3-12(4-10-15)16(19)18-14-7-5-13(17)6-8-14/h3-10H,2,11H2,1H3,(H,18,19). The second-order valence-corrected chi connectivity index (χ2v) is 5.58. The molecule has 0 bridgehead atoms. The van der Waals surface area contributed by atoms with E-state index in [1.165, 1.54) is 0 Å². The van der Waals surface area contributed by atoms with E-state index in [2.05, 4.69) is 34.8 Å². The molecule has 0 aliphatic rings. The Morgan fingerprint density at radius 1 is 1.10 bits per heavy atom. The van der Waals surface area contributed by atoms with Crippen LogP contribution in [0.3, 0.4) is 0 Å². The molecule has 0 heterocycles. The minimum absolute atomic E-state index is 0.117. The van der Waals surface area contributed by atoms with Crippen LogP contribution in [-0.4, -0.2) is 12.5 Å². The zero-order valence-corrected chi connectivity index (χ0v) is 13.4. The van der Waals surface area contributed by atoms with Gasteiger partial charge in [0.15, 0.2) is 0 Å². The maximum absolute atomic E-state index is 12.1. The highest BCUT2D eigenvalue weighted by Crippen LogP contribution is 2.15. The average Bonchev–Trinajstić information content (AvgIpc) is 2.48. The molecule has 0 unspecified atom stereocenters. The van der Waals surface area contributed by atoms with Gasteiger partial charge in [0.05, 0.1) is 6.61 Å². The lowest BCUT2D eigenvalue weighted by molar-refractivity contribution is 0.102. The molecule has 104 valence electrons. The first-order chi connectivity index (χ1) is 9.69. The fourth-order valence-electron chi connectivity index (χ4n) is 1.66. The van der Waals surface area contributed by atoms with E-state index < -0.39 is 0 Å². The second kappa shape index (κ2) is 7.28. The fourth-order valence-corrected chi connectivity index (χ4v) is 2.02. The van der Waals surface area contributed by atoms with Crippen LogP contribution in [0.4, 0.5) is 5.69 Å². The Kier molecular flexibility index (Phi) is 5.40. The van der Waals surface area contributed by atoms with Crippen molar-refractivity contribution in [3.05, 3.63) is 57.7 Å². The van der Waals surface area contributed by atoms with E-state index in [0.717, 1.165) is 21.4 Å². The number of rotatable bonds is 5. The monoisotopic (exact) mass is 381 g/mol. The molecule has 0 radical (unpaired) electrons. The van der Waals surface area contributed by atoms with Crippen LogP contribution in [0.25, 0.3) is 0 Å². The SMILES string of the molecule is CCCOc1ccc(C(=O)Nc2ccc(I)cc2)cc1. The van der Waals surface area contributed by atoms with Crippen molar-refractivity contribution in [2.24, 2.45) is 0 Å². The van der Waals surface area contributed by atoms with Crippen molar-refractivity contribution in [1.82, 2.24) is 0 Å². The second-order valence-electron chi connectivity index (χ2n) is 4.33. The normalized spacial score (nSPS) is 10.1. The van der Waals surface area contributed by atoms with Crippen LogP contribution < -0.4 is 10.1 Å². The van der Waals surface area contributed by atoms with Crippen molar-refractivity contribution in [2.75, 3.05) is 11.9 Å². The Bertz CT molecular complexity index is 564. The zero-order chi connectivity index (χ0) is 14.4. The Hall–Kier alpha value is -1.56. The molecule has 2 rings (SSSR count). The van der Waals surface area contributed by atoms with Gasteiger partial charge in [-0.25, -0.2) is 0 Å². The molecule has 0 spiro atoms. The molecule has 3 nitrogen and oxygen atoms in total. The molecule has 0 atom stereocenters. The predicted molar refractivity (Wildman–Crippen MR) is 89.3 cm³/mol. The number of carbonyl (C=O) groups is 1. The lowest BCUT2D eigenvalue weighted by Crippen LogP contribution is -2.11. The maximum Gasteiger partial charge on any atom is 0.255 e. The third-order valence-corrected chi connectivity index (χ3v) is 3.41. The van der Waals surface area contributed by atoms with Gasteiger partial charge in [0.2, 0.25) is 0 Å². The summed E-state index contributed by atoms with van der Waals surface area (Å²) >= 11 is 2.23. The number of hydrogen-bond acceptors (Lipinski definition) is 2. The van der Waals surface area contributed by atoms with Crippen LogP contribution in [0.5, 0.6) is 5.75 Å². The number of anilines is 1. The molecule has 1 N–H and O–H groups in total. The highest BCUT2D eigenvalue weighted by molar-refractivity contribution is 14.1. The summed E-state index contributed by atoms with van der Waals surface area (Å²) in [7, 11) is 0. The molecule has 20 heavy (non-hydrogen) atoms. The number of amides is 1. The first-order valence-corrected chi connectivity index (χ1v) is 7.56. The van der Waals surface area contributed by atoms with Crippen LogP contribution >= 0.6 is 22.6 Å². The summed E-state index contributed by atoms with van der Waals surface area (Å²) in [4.78, 5) is 12.1. The summed E-state index contributed by atoms with van der Waals surface area (Å²) in [6, 6.07) is 14.9. The summed E-state index contributed by atoms with van der Waals surface area (Å²) in [5, 5.41) is 2.86. The van der Waals surface area contributed by atoms with Crippen molar-refractivity contribution in [2.45, 2.75) is 13.3 Å². The van der Waals surface area contributed by atoms with Crippen LogP contribution in [0.1, 0.15) is 23.7 Å². The van der Waals surface area contributed by atoms with Gasteiger partial charge in [-0.3, -0.25) is 4.79 Å². The molecule has 2 aromatic carbocycles. The smallest absolute Gasteiger partial charge is 0.255 e. The molecule has 0 aromatic heterocycles. The van der Waals surface area contributed by atoms with E-state index in [9.17, 15) is 4.79 Å². The van der Waals surface area contributed by atoms with Gasteiger partial charge in [-0.1, -0.05) is 6.92 Å². The molecule has 1 amide bonds. The molecule has 0 saturated heterocycles. The molecule has 0 saturated carbocycles. The molecule has 4 heteroatoms. The number of benzene rings is 2. The van der Waals surface area contributed by atoms with Gasteiger partial charge in [-0.15, -0.1) is 0 Å². The summed E-state index contributed by atoms with van der Waals surface area (Å²) in [5.41, 5.74) is 1.41. The van der Waals surface area contributed by atoms with Gasteiger partial charge < -0.3 is 10.1 Å². The van der Waals surface area contributed by atoms with Crippen molar-refractivity contribution in [1.29, 1.82) is 0 Å². The third-order valence-electron chi connectivity index (χ3n) is 2.69. The van der Waals surface area contributed by atoms with Crippen molar-refractivity contribution in [3.8, 4) is 5.75 Å². The highest BCUT2D eigenvalue weighted by atomic mass is 127. The summed E-state index contributed by atoms with van der Waals surface area (Å²) in [6.45, 7) is 2.75. The Morgan fingerprint density at radius 3 is 2.35 bits per heavy atom. The first kappa shape index (κ1) is 14.8. The van der Waals surface area contributed by atoms with E-state index in [4.69, 9.17) is 4.74 Å². The molecule has 0 aliphatic carbocycles. The first-order valence-electron chi connectivity index (χ1n) is 6.49. The lowest BCUT2D eigenvalue weighted by atomic mass is 10.2. The van der Waals surface area contributed by atoms with E-state index in [0.29, 0.717) is 12.2 Å². The topological polar surface area (TPSA) is 38.3 Å². The van der Waals surface area contributed by atoms with Crippen LogP contribution in [0, 0.1) is 3.57 Å². The Balaban J connectivity index is 2.00. The predicted octanol–water partition coefficient (Wildman–Crippen LogP) is 4.33. The molecule has 0 fully saturated rings.